The van der Waals surface area contributed by atoms with Crippen molar-refractivity contribution in [3.05, 3.63) is 52.5 Å². The second kappa shape index (κ2) is 7.98. The van der Waals surface area contributed by atoms with Crippen molar-refractivity contribution in [2.24, 2.45) is 0 Å². The minimum atomic E-state index is -0.439. The van der Waals surface area contributed by atoms with E-state index in [1.807, 2.05) is 37.3 Å². The van der Waals surface area contributed by atoms with E-state index in [1.54, 1.807) is 0 Å². The molecule has 0 radical (unpaired) electrons. The molecular formula is C23H29N7O2. The van der Waals surface area contributed by atoms with Crippen LogP contribution in [0.2, 0.25) is 0 Å². The molecule has 4 rings (SSSR count). The molecule has 0 atom stereocenters. The molecule has 9 nitrogen and oxygen atoms in total. The maximum Gasteiger partial charge on any atom is 0.353 e. The molecule has 0 bridgehead atoms. The van der Waals surface area contributed by atoms with E-state index in [2.05, 4.69) is 58.6 Å². The molecule has 1 aromatic carbocycles. The lowest BCUT2D eigenvalue weighted by Gasteiger charge is -2.46. The van der Waals surface area contributed by atoms with E-state index in [4.69, 9.17) is 0 Å². The summed E-state index contributed by atoms with van der Waals surface area (Å²) in [7, 11) is 0. The molecule has 168 valence electrons. The van der Waals surface area contributed by atoms with Crippen LogP contribution >= 0.6 is 0 Å². The van der Waals surface area contributed by atoms with Crippen LogP contribution < -0.4 is 16.0 Å². The number of aryl methyl sites for hydroxylation is 1. The lowest BCUT2D eigenvalue weighted by Crippen LogP contribution is -2.60. The highest BCUT2D eigenvalue weighted by molar-refractivity contribution is 5.93. The lowest BCUT2D eigenvalue weighted by atomic mass is 9.79. The van der Waals surface area contributed by atoms with Gasteiger partial charge in [0.1, 0.15) is 6.33 Å². The van der Waals surface area contributed by atoms with Gasteiger partial charge < -0.3 is 16.0 Å². The van der Waals surface area contributed by atoms with E-state index in [-0.39, 0.29) is 34.4 Å². The Labute approximate surface area is 187 Å². The predicted octanol–water partition coefficient (Wildman–Crippen LogP) is 4.71. The van der Waals surface area contributed by atoms with Crippen LogP contribution in [0.15, 0.2) is 36.7 Å². The monoisotopic (exact) mass is 435 g/mol. The average molecular weight is 436 g/mol. The van der Waals surface area contributed by atoms with Gasteiger partial charge in [0, 0.05) is 28.2 Å². The van der Waals surface area contributed by atoms with E-state index in [0.29, 0.717) is 5.69 Å². The van der Waals surface area contributed by atoms with Gasteiger partial charge >= 0.3 is 5.69 Å². The number of hydrogen-bond donors (Lipinski definition) is 3. The highest BCUT2D eigenvalue weighted by atomic mass is 16.6. The molecule has 3 heterocycles. The van der Waals surface area contributed by atoms with E-state index in [1.165, 1.54) is 6.33 Å². The van der Waals surface area contributed by atoms with E-state index in [0.717, 1.165) is 29.4 Å². The number of nitro groups is 1. The number of nitrogens with one attached hydrogen (secondary N) is 3. The average Bonchev–Trinajstić information content (AvgIpc) is 2.66. The summed E-state index contributed by atoms with van der Waals surface area (Å²) in [5.74, 6) is 0.353. The lowest BCUT2D eigenvalue weighted by molar-refractivity contribution is -0.383. The van der Waals surface area contributed by atoms with Gasteiger partial charge in [-0.05, 0) is 59.6 Å². The van der Waals surface area contributed by atoms with Crippen molar-refractivity contribution in [3.63, 3.8) is 0 Å². The molecule has 0 aliphatic carbocycles. The third-order valence-corrected chi connectivity index (χ3v) is 5.65. The van der Waals surface area contributed by atoms with Gasteiger partial charge in [0.2, 0.25) is 11.6 Å². The van der Waals surface area contributed by atoms with Crippen molar-refractivity contribution >= 4 is 33.9 Å². The van der Waals surface area contributed by atoms with Crippen molar-refractivity contribution in [2.45, 2.75) is 64.6 Å². The van der Waals surface area contributed by atoms with Crippen LogP contribution in [0.1, 0.15) is 46.2 Å². The van der Waals surface area contributed by atoms with E-state index >= 15 is 0 Å². The number of aromatic nitrogens is 3. The van der Waals surface area contributed by atoms with Gasteiger partial charge in [-0.1, -0.05) is 18.2 Å². The number of anilines is 3. The summed E-state index contributed by atoms with van der Waals surface area (Å²) in [6.45, 7) is 10.5. The summed E-state index contributed by atoms with van der Waals surface area (Å²) in [5.41, 5.74) is 1.87. The summed E-state index contributed by atoms with van der Waals surface area (Å²) in [6.07, 6.45) is 2.97. The minimum Gasteiger partial charge on any atom is -0.361 e. The maximum absolute atomic E-state index is 12.1. The normalized spacial score (nSPS) is 17.8. The summed E-state index contributed by atoms with van der Waals surface area (Å²) < 4.78 is 0. The molecule has 3 N–H and O–H groups in total. The molecule has 0 unspecified atom stereocenters. The zero-order chi connectivity index (χ0) is 23.1. The van der Waals surface area contributed by atoms with Gasteiger partial charge in [-0.15, -0.1) is 0 Å². The van der Waals surface area contributed by atoms with E-state index < -0.39 is 4.92 Å². The summed E-state index contributed by atoms with van der Waals surface area (Å²) in [5, 5.41) is 23.1. The Balaban J connectivity index is 1.69. The smallest absolute Gasteiger partial charge is 0.353 e. The molecule has 1 aliphatic rings. The van der Waals surface area contributed by atoms with Crippen molar-refractivity contribution in [3.8, 4) is 0 Å². The first-order valence-corrected chi connectivity index (χ1v) is 10.7. The fraction of sp³-hybridized carbons (Fsp3) is 0.435. The van der Waals surface area contributed by atoms with Crippen LogP contribution in [0.5, 0.6) is 0 Å². The molecule has 0 saturated carbocycles. The molecule has 0 amide bonds. The number of rotatable bonds is 5. The fourth-order valence-electron chi connectivity index (χ4n) is 4.84. The van der Waals surface area contributed by atoms with Crippen molar-refractivity contribution in [1.29, 1.82) is 0 Å². The standard InChI is InChI=1S/C23H29N7O2/c1-14-9-10-15-7-6-8-17(18(15)26-14)28-21-19(30(31)32)20(24-13-25-21)27-16-11-22(2,3)29-23(4,5)12-16/h6-10,13,16,29H,11-12H2,1-5H3,(H2,24,25,27,28). The van der Waals surface area contributed by atoms with Crippen molar-refractivity contribution in [1.82, 2.24) is 20.3 Å². The predicted molar refractivity (Wildman–Crippen MR) is 126 cm³/mol. The van der Waals surface area contributed by atoms with Gasteiger partial charge in [-0.2, -0.15) is 0 Å². The van der Waals surface area contributed by atoms with Crippen LogP contribution in [0.3, 0.4) is 0 Å². The van der Waals surface area contributed by atoms with Crippen LogP contribution in [0, 0.1) is 17.0 Å². The highest BCUT2D eigenvalue weighted by Gasteiger charge is 2.38. The number of nitrogens with zero attached hydrogens (tertiary/aromatic N) is 4. The zero-order valence-corrected chi connectivity index (χ0v) is 19.1. The molecule has 2 aromatic heterocycles. The topological polar surface area (TPSA) is 118 Å². The Morgan fingerprint density at radius 2 is 1.75 bits per heavy atom. The van der Waals surface area contributed by atoms with Gasteiger partial charge in [0.05, 0.1) is 16.1 Å². The first-order valence-electron chi connectivity index (χ1n) is 10.7. The van der Waals surface area contributed by atoms with Gasteiger partial charge in [-0.3, -0.25) is 15.1 Å². The molecule has 1 fully saturated rings. The molecule has 9 heteroatoms. The van der Waals surface area contributed by atoms with Gasteiger partial charge in [-0.25, -0.2) is 9.97 Å². The van der Waals surface area contributed by atoms with Crippen molar-refractivity contribution in [2.75, 3.05) is 10.6 Å². The van der Waals surface area contributed by atoms with Crippen LogP contribution in [0.25, 0.3) is 10.9 Å². The quantitative estimate of drug-likeness (QED) is 0.390. The molecule has 1 aliphatic heterocycles. The molecule has 1 saturated heterocycles. The Bertz CT molecular complexity index is 1160. The molecule has 32 heavy (non-hydrogen) atoms. The Hall–Kier alpha value is -3.33. The first kappa shape index (κ1) is 21.9. The second-order valence-electron chi connectivity index (χ2n) is 9.77. The zero-order valence-electron chi connectivity index (χ0n) is 19.1. The van der Waals surface area contributed by atoms with E-state index in [9.17, 15) is 10.1 Å². The van der Waals surface area contributed by atoms with Crippen molar-refractivity contribution < 1.29 is 4.92 Å². The number of benzene rings is 1. The Kier molecular flexibility index (Phi) is 5.46. The third kappa shape index (κ3) is 4.62. The van der Waals surface area contributed by atoms with Crippen LogP contribution in [-0.2, 0) is 0 Å². The molecule has 0 spiro atoms. The number of piperidine rings is 1. The number of para-hydroxylation sites is 1. The Morgan fingerprint density at radius 1 is 1.06 bits per heavy atom. The molecule has 3 aromatic rings. The second-order valence-corrected chi connectivity index (χ2v) is 9.77. The maximum atomic E-state index is 12.1. The highest BCUT2D eigenvalue weighted by Crippen LogP contribution is 2.36. The number of pyridine rings is 1. The number of hydrogen-bond acceptors (Lipinski definition) is 8. The minimum absolute atomic E-state index is 0.0320. The van der Waals surface area contributed by atoms with Gasteiger partial charge in [0.25, 0.3) is 0 Å². The SMILES string of the molecule is Cc1ccc2cccc(Nc3ncnc(NC4CC(C)(C)NC(C)(C)C4)c3[N+](=O)[O-])c2n1. The van der Waals surface area contributed by atoms with Crippen LogP contribution in [0.4, 0.5) is 23.0 Å². The first-order chi connectivity index (χ1) is 15.0. The Morgan fingerprint density at radius 3 is 2.44 bits per heavy atom. The number of fused-ring (bicyclic) bond motifs is 1. The third-order valence-electron chi connectivity index (χ3n) is 5.65. The van der Waals surface area contributed by atoms with Crippen LogP contribution in [-0.4, -0.2) is 37.0 Å². The fourth-order valence-corrected chi connectivity index (χ4v) is 4.84. The van der Waals surface area contributed by atoms with Gasteiger partial charge in [0.15, 0.2) is 0 Å². The largest absolute Gasteiger partial charge is 0.361 e. The molecular weight excluding hydrogens is 406 g/mol. The summed E-state index contributed by atoms with van der Waals surface area (Å²) in [6, 6.07) is 9.62. The summed E-state index contributed by atoms with van der Waals surface area (Å²) >= 11 is 0. The summed E-state index contributed by atoms with van der Waals surface area (Å²) in [4.78, 5) is 24.6.